The summed E-state index contributed by atoms with van der Waals surface area (Å²) in [5.74, 6) is 1.33. The molecule has 0 saturated carbocycles. The second kappa shape index (κ2) is 8.10. The maximum atomic E-state index is 12.9. The molecular weight excluding hydrogens is 257 g/mol. The Morgan fingerprint density at radius 1 is 1.45 bits per heavy atom. The lowest BCUT2D eigenvalue weighted by Gasteiger charge is -2.27. The van der Waals surface area contributed by atoms with Crippen LogP contribution in [-0.2, 0) is 4.79 Å². The highest BCUT2D eigenvalue weighted by atomic mass is 19.1. The molecule has 0 saturated heterocycles. The summed E-state index contributed by atoms with van der Waals surface area (Å²) in [7, 11) is 0. The monoisotopic (exact) mass is 275 g/mol. The van der Waals surface area contributed by atoms with Crippen LogP contribution < -0.4 is 5.06 Å². The molecule has 0 amide bonds. The molecule has 1 aromatic carbocycles. The summed E-state index contributed by atoms with van der Waals surface area (Å²) in [4.78, 5) is 10.3. The Balaban J connectivity index is 3.09. The summed E-state index contributed by atoms with van der Waals surface area (Å²) in [6, 6.07) is 5.24. The van der Waals surface area contributed by atoms with Crippen molar-refractivity contribution in [1.29, 1.82) is 0 Å². The molecule has 4 heteroatoms. The van der Waals surface area contributed by atoms with Crippen molar-refractivity contribution in [2.24, 2.45) is 0 Å². The van der Waals surface area contributed by atoms with Gasteiger partial charge in [-0.2, -0.15) is 0 Å². The molecule has 0 heterocycles. The molecular formula is C16H18FNO2. The smallest absolute Gasteiger partial charge is 0.124 e. The van der Waals surface area contributed by atoms with Gasteiger partial charge < -0.3 is 0 Å². The number of anilines is 1. The van der Waals surface area contributed by atoms with Crippen LogP contribution >= 0.6 is 0 Å². The van der Waals surface area contributed by atoms with Gasteiger partial charge in [0.1, 0.15) is 11.8 Å². The van der Waals surface area contributed by atoms with Crippen molar-refractivity contribution in [3.63, 3.8) is 0 Å². The van der Waals surface area contributed by atoms with Crippen molar-refractivity contribution in [1.82, 2.24) is 0 Å². The summed E-state index contributed by atoms with van der Waals surface area (Å²) in [5, 5.41) is 11.4. The van der Waals surface area contributed by atoms with Gasteiger partial charge in [-0.05, 0) is 49.3 Å². The predicted octanol–water partition coefficient (Wildman–Crippen LogP) is 3.69. The van der Waals surface area contributed by atoms with E-state index in [0.29, 0.717) is 12.1 Å². The van der Waals surface area contributed by atoms with Crippen LogP contribution in [0, 0.1) is 5.82 Å². The number of carbonyl (C=O) groups excluding carboxylic acids is 1. The third-order valence-corrected chi connectivity index (χ3v) is 2.86. The van der Waals surface area contributed by atoms with Gasteiger partial charge >= 0.3 is 0 Å². The first-order chi connectivity index (χ1) is 9.63. The van der Waals surface area contributed by atoms with Crippen LogP contribution in [-0.4, -0.2) is 17.2 Å². The van der Waals surface area contributed by atoms with Gasteiger partial charge in [0.15, 0.2) is 0 Å². The Labute approximate surface area is 118 Å². The predicted molar refractivity (Wildman–Crippen MR) is 77.9 cm³/mol. The molecule has 3 nitrogen and oxygen atoms in total. The van der Waals surface area contributed by atoms with Gasteiger partial charge in [-0.25, -0.2) is 14.2 Å². The molecule has 1 aromatic rings. The number of nitrogens with zero attached hydrogens (tertiary/aromatic N) is 1. The zero-order chi connectivity index (χ0) is 15.0. The Morgan fingerprint density at radius 3 is 2.60 bits per heavy atom. The SMILES string of the molecule is C/C=C\C(=C/C=C=O)C(CC)N(O)c1ccc(F)cc1. The lowest BCUT2D eigenvalue weighted by atomic mass is 10.0. The van der Waals surface area contributed by atoms with Gasteiger partial charge in [-0.1, -0.05) is 19.1 Å². The van der Waals surface area contributed by atoms with E-state index in [1.54, 1.807) is 12.0 Å². The van der Waals surface area contributed by atoms with Crippen molar-refractivity contribution in [3.8, 4) is 0 Å². The summed E-state index contributed by atoms with van der Waals surface area (Å²) in [5.41, 5.74) is 1.26. The van der Waals surface area contributed by atoms with Gasteiger partial charge in [-0.3, -0.25) is 5.21 Å². The van der Waals surface area contributed by atoms with E-state index in [0.717, 1.165) is 10.6 Å². The van der Waals surface area contributed by atoms with Crippen molar-refractivity contribution in [3.05, 3.63) is 60.0 Å². The first-order valence-electron chi connectivity index (χ1n) is 6.41. The normalized spacial score (nSPS) is 13.1. The Hall–Kier alpha value is -2.16. The van der Waals surface area contributed by atoms with Gasteiger partial charge in [0.25, 0.3) is 0 Å². The van der Waals surface area contributed by atoms with Gasteiger partial charge in [0.05, 0.1) is 11.7 Å². The minimum atomic E-state index is -0.358. The molecule has 0 fully saturated rings. The van der Waals surface area contributed by atoms with Gasteiger partial charge in [-0.15, -0.1) is 0 Å². The minimum absolute atomic E-state index is 0.332. The Bertz CT molecular complexity index is 528. The van der Waals surface area contributed by atoms with E-state index in [4.69, 9.17) is 0 Å². The molecule has 1 unspecified atom stereocenters. The number of rotatable bonds is 6. The van der Waals surface area contributed by atoms with E-state index in [-0.39, 0.29) is 11.9 Å². The van der Waals surface area contributed by atoms with E-state index >= 15 is 0 Å². The summed E-state index contributed by atoms with van der Waals surface area (Å²) in [6.07, 6.45) is 7.13. The summed E-state index contributed by atoms with van der Waals surface area (Å²) in [6.45, 7) is 3.77. The van der Waals surface area contributed by atoms with Crippen molar-refractivity contribution in [2.45, 2.75) is 26.3 Å². The van der Waals surface area contributed by atoms with E-state index in [2.05, 4.69) is 0 Å². The summed E-state index contributed by atoms with van der Waals surface area (Å²) >= 11 is 0. The average Bonchev–Trinajstić information content (AvgIpc) is 2.46. The van der Waals surface area contributed by atoms with Crippen LogP contribution in [0.5, 0.6) is 0 Å². The molecule has 1 atom stereocenters. The number of hydrogen-bond donors (Lipinski definition) is 1. The molecule has 0 aromatic heterocycles. The number of halogens is 1. The number of allylic oxidation sites excluding steroid dienone is 3. The van der Waals surface area contributed by atoms with Crippen molar-refractivity contribution >= 4 is 11.6 Å². The van der Waals surface area contributed by atoms with Crippen LogP contribution in [0.1, 0.15) is 20.3 Å². The van der Waals surface area contributed by atoms with E-state index < -0.39 is 0 Å². The molecule has 1 N–H and O–H groups in total. The quantitative estimate of drug-likeness (QED) is 0.489. The standard InChI is InChI=1S/C16H18FNO2/c1-3-6-13(7-5-12-19)16(4-2)18(20)15-10-8-14(17)9-11-15/h3,5-11,16,20H,4H2,1-2H3/b6-3-,13-7+. The Morgan fingerprint density at radius 2 is 2.10 bits per heavy atom. The topological polar surface area (TPSA) is 40.5 Å². The molecule has 0 radical (unpaired) electrons. The average molecular weight is 275 g/mol. The highest BCUT2D eigenvalue weighted by Crippen LogP contribution is 2.22. The molecule has 0 aliphatic carbocycles. The van der Waals surface area contributed by atoms with E-state index in [9.17, 15) is 14.4 Å². The van der Waals surface area contributed by atoms with Crippen molar-refractivity contribution in [2.75, 3.05) is 5.06 Å². The molecule has 0 spiro atoms. The fraction of sp³-hybridized carbons (Fsp3) is 0.250. The molecule has 20 heavy (non-hydrogen) atoms. The lowest BCUT2D eigenvalue weighted by molar-refractivity contribution is 0.227. The molecule has 1 rings (SSSR count). The third kappa shape index (κ3) is 4.19. The van der Waals surface area contributed by atoms with E-state index in [1.807, 2.05) is 26.0 Å². The zero-order valence-corrected chi connectivity index (χ0v) is 11.6. The molecule has 106 valence electrons. The first kappa shape index (κ1) is 15.9. The highest BCUT2D eigenvalue weighted by Gasteiger charge is 2.18. The number of hydroxylamine groups is 1. The Kier molecular flexibility index (Phi) is 6.44. The second-order valence-electron chi connectivity index (χ2n) is 4.20. The van der Waals surface area contributed by atoms with Crippen LogP contribution in [0.25, 0.3) is 0 Å². The maximum Gasteiger partial charge on any atom is 0.124 e. The molecule has 0 aliphatic rings. The summed E-state index contributed by atoms with van der Waals surface area (Å²) < 4.78 is 12.9. The van der Waals surface area contributed by atoms with Gasteiger partial charge in [0, 0.05) is 6.08 Å². The molecule has 0 bridgehead atoms. The lowest BCUT2D eigenvalue weighted by Crippen LogP contribution is -2.33. The molecule has 0 aliphatic heterocycles. The van der Waals surface area contributed by atoms with Crippen LogP contribution in [0.15, 0.2) is 54.1 Å². The second-order valence-corrected chi connectivity index (χ2v) is 4.20. The number of hydrogen-bond acceptors (Lipinski definition) is 3. The highest BCUT2D eigenvalue weighted by molar-refractivity contribution is 5.52. The first-order valence-corrected chi connectivity index (χ1v) is 6.41. The third-order valence-electron chi connectivity index (χ3n) is 2.86. The number of benzene rings is 1. The van der Waals surface area contributed by atoms with Crippen LogP contribution in [0.3, 0.4) is 0 Å². The zero-order valence-electron chi connectivity index (χ0n) is 11.6. The largest absolute Gasteiger partial charge is 0.288 e. The minimum Gasteiger partial charge on any atom is -0.288 e. The van der Waals surface area contributed by atoms with Crippen LogP contribution in [0.2, 0.25) is 0 Å². The van der Waals surface area contributed by atoms with Crippen LogP contribution in [0.4, 0.5) is 10.1 Å². The van der Waals surface area contributed by atoms with Crippen molar-refractivity contribution < 1.29 is 14.4 Å². The van der Waals surface area contributed by atoms with Gasteiger partial charge in [0.2, 0.25) is 0 Å². The fourth-order valence-electron chi connectivity index (χ4n) is 1.92. The fourth-order valence-corrected chi connectivity index (χ4v) is 1.92. The van der Waals surface area contributed by atoms with E-state index in [1.165, 1.54) is 30.3 Å². The maximum absolute atomic E-state index is 12.9.